The number of rotatable bonds is 2. The summed E-state index contributed by atoms with van der Waals surface area (Å²) in [5.41, 5.74) is 1.96. The van der Waals surface area contributed by atoms with Crippen molar-refractivity contribution in [3.63, 3.8) is 0 Å². The topological polar surface area (TPSA) is 42.2 Å². The molecule has 0 aliphatic heterocycles. The van der Waals surface area contributed by atoms with Crippen LogP contribution in [0.25, 0.3) is 11.0 Å². The van der Waals surface area contributed by atoms with Gasteiger partial charge in [0.1, 0.15) is 5.58 Å². The van der Waals surface area contributed by atoms with Crippen LogP contribution in [-0.2, 0) is 4.79 Å². The Hall–Kier alpha value is -1.77. The lowest BCUT2D eigenvalue weighted by Crippen LogP contribution is -1.89. The Kier molecular flexibility index (Phi) is 1.77. The summed E-state index contributed by atoms with van der Waals surface area (Å²) in [5, 5.41) is 3.47. The van der Waals surface area contributed by atoms with Crippen molar-refractivity contribution in [3.8, 4) is 0 Å². The SMILES string of the molecule is Cc1ccc2oc(NC=O)cc2c1. The summed E-state index contributed by atoms with van der Waals surface area (Å²) in [7, 11) is 0. The van der Waals surface area contributed by atoms with Crippen molar-refractivity contribution in [2.45, 2.75) is 6.92 Å². The minimum absolute atomic E-state index is 0.482. The van der Waals surface area contributed by atoms with E-state index in [0.717, 1.165) is 11.0 Å². The number of nitrogens with one attached hydrogen (secondary N) is 1. The molecule has 0 atom stereocenters. The van der Waals surface area contributed by atoms with Gasteiger partial charge < -0.3 is 4.42 Å². The minimum Gasteiger partial charge on any atom is -0.440 e. The van der Waals surface area contributed by atoms with Crippen LogP contribution in [0.3, 0.4) is 0 Å². The number of aryl methyl sites for hydroxylation is 1. The molecular formula is C10H9NO2. The molecule has 0 fully saturated rings. The predicted octanol–water partition coefficient (Wildman–Crippen LogP) is 2.31. The van der Waals surface area contributed by atoms with E-state index < -0.39 is 0 Å². The van der Waals surface area contributed by atoms with E-state index in [1.165, 1.54) is 5.56 Å². The third kappa shape index (κ3) is 1.40. The highest BCUT2D eigenvalue weighted by molar-refractivity contribution is 5.84. The Bertz CT molecular complexity index is 445. The molecule has 2 aromatic rings. The minimum atomic E-state index is 0.482. The summed E-state index contributed by atoms with van der Waals surface area (Å²) in [5.74, 6) is 0.482. The molecule has 0 saturated carbocycles. The maximum absolute atomic E-state index is 10.1. The van der Waals surface area contributed by atoms with Crippen LogP contribution in [0.15, 0.2) is 28.7 Å². The summed E-state index contributed by atoms with van der Waals surface area (Å²) in [6, 6.07) is 7.67. The fourth-order valence-corrected chi connectivity index (χ4v) is 1.29. The zero-order valence-electron chi connectivity index (χ0n) is 7.20. The summed E-state index contributed by atoms with van der Waals surface area (Å²) >= 11 is 0. The van der Waals surface area contributed by atoms with Gasteiger partial charge in [-0.15, -0.1) is 0 Å². The molecule has 1 aromatic heterocycles. The zero-order valence-corrected chi connectivity index (χ0v) is 7.20. The summed E-state index contributed by atoms with van der Waals surface area (Å²) in [6.07, 6.45) is 0.602. The van der Waals surface area contributed by atoms with Gasteiger partial charge in [0.25, 0.3) is 0 Å². The normalized spacial score (nSPS) is 10.2. The van der Waals surface area contributed by atoms with Crippen molar-refractivity contribution < 1.29 is 9.21 Å². The Balaban J connectivity index is 2.55. The maximum Gasteiger partial charge on any atom is 0.213 e. The number of amides is 1. The van der Waals surface area contributed by atoms with Gasteiger partial charge in [-0.25, -0.2) is 0 Å². The van der Waals surface area contributed by atoms with Gasteiger partial charge >= 0.3 is 0 Å². The fraction of sp³-hybridized carbons (Fsp3) is 0.100. The molecule has 1 amide bonds. The molecular weight excluding hydrogens is 166 g/mol. The largest absolute Gasteiger partial charge is 0.440 e. The first-order valence-electron chi connectivity index (χ1n) is 4.00. The van der Waals surface area contributed by atoms with E-state index in [4.69, 9.17) is 4.42 Å². The number of anilines is 1. The molecule has 1 heterocycles. The number of carbonyl (C=O) groups excluding carboxylic acids is 1. The van der Waals surface area contributed by atoms with Crippen molar-refractivity contribution in [2.75, 3.05) is 5.32 Å². The van der Waals surface area contributed by atoms with Gasteiger partial charge in [-0.1, -0.05) is 11.6 Å². The molecule has 1 N–H and O–H groups in total. The second-order valence-electron chi connectivity index (χ2n) is 2.91. The quantitative estimate of drug-likeness (QED) is 0.711. The molecule has 66 valence electrons. The van der Waals surface area contributed by atoms with Crippen molar-refractivity contribution in [3.05, 3.63) is 29.8 Å². The van der Waals surface area contributed by atoms with E-state index in [1.54, 1.807) is 6.07 Å². The van der Waals surface area contributed by atoms with Crippen molar-refractivity contribution in [1.29, 1.82) is 0 Å². The average molecular weight is 175 g/mol. The van der Waals surface area contributed by atoms with Crippen LogP contribution in [0.1, 0.15) is 5.56 Å². The fourth-order valence-electron chi connectivity index (χ4n) is 1.29. The van der Waals surface area contributed by atoms with E-state index in [0.29, 0.717) is 12.3 Å². The molecule has 2 rings (SSSR count). The smallest absolute Gasteiger partial charge is 0.213 e. The van der Waals surface area contributed by atoms with Crippen LogP contribution in [0, 0.1) is 6.92 Å². The van der Waals surface area contributed by atoms with Gasteiger partial charge in [-0.05, 0) is 19.1 Å². The molecule has 13 heavy (non-hydrogen) atoms. The second kappa shape index (κ2) is 2.94. The molecule has 0 radical (unpaired) electrons. The van der Waals surface area contributed by atoms with Crippen LogP contribution in [0.2, 0.25) is 0 Å². The van der Waals surface area contributed by atoms with Crippen molar-refractivity contribution in [2.24, 2.45) is 0 Å². The Labute approximate surface area is 75.3 Å². The van der Waals surface area contributed by atoms with Crippen molar-refractivity contribution >= 4 is 23.3 Å². The predicted molar refractivity (Wildman–Crippen MR) is 50.6 cm³/mol. The van der Waals surface area contributed by atoms with E-state index in [2.05, 4.69) is 5.32 Å². The second-order valence-corrected chi connectivity index (χ2v) is 2.91. The zero-order chi connectivity index (χ0) is 9.26. The van der Waals surface area contributed by atoms with Gasteiger partial charge in [-0.3, -0.25) is 10.1 Å². The first-order chi connectivity index (χ1) is 6.29. The average Bonchev–Trinajstić information content (AvgIpc) is 2.46. The molecule has 1 aromatic carbocycles. The molecule has 0 saturated heterocycles. The highest BCUT2D eigenvalue weighted by atomic mass is 16.4. The Morgan fingerprint density at radius 3 is 3.00 bits per heavy atom. The van der Waals surface area contributed by atoms with Gasteiger partial charge in [0.05, 0.1) is 0 Å². The highest BCUT2D eigenvalue weighted by Gasteiger charge is 2.01. The number of hydrogen-bond acceptors (Lipinski definition) is 2. The van der Waals surface area contributed by atoms with Gasteiger partial charge in [0, 0.05) is 11.5 Å². The van der Waals surface area contributed by atoms with Crippen LogP contribution in [-0.4, -0.2) is 6.41 Å². The van der Waals surface area contributed by atoms with Gasteiger partial charge in [-0.2, -0.15) is 0 Å². The lowest BCUT2D eigenvalue weighted by Gasteiger charge is -1.89. The lowest BCUT2D eigenvalue weighted by molar-refractivity contribution is -0.105. The number of carbonyl (C=O) groups is 1. The number of benzene rings is 1. The maximum atomic E-state index is 10.1. The molecule has 0 aliphatic rings. The van der Waals surface area contributed by atoms with Crippen LogP contribution in [0.5, 0.6) is 0 Å². The third-order valence-corrected chi connectivity index (χ3v) is 1.87. The van der Waals surface area contributed by atoms with Crippen LogP contribution >= 0.6 is 0 Å². The van der Waals surface area contributed by atoms with Crippen LogP contribution < -0.4 is 5.32 Å². The summed E-state index contributed by atoms with van der Waals surface area (Å²) in [4.78, 5) is 10.1. The molecule has 0 aliphatic carbocycles. The summed E-state index contributed by atoms with van der Waals surface area (Å²) in [6.45, 7) is 2.01. The first-order valence-corrected chi connectivity index (χ1v) is 4.00. The summed E-state index contributed by atoms with van der Waals surface area (Å²) < 4.78 is 5.32. The van der Waals surface area contributed by atoms with E-state index in [9.17, 15) is 4.79 Å². The molecule has 3 heteroatoms. The lowest BCUT2D eigenvalue weighted by atomic mass is 10.2. The first kappa shape index (κ1) is 7.86. The number of fused-ring (bicyclic) bond motifs is 1. The number of furan rings is 1. The van der Waals surface area contributed by atoms with Crippen LogP contribution in [0.4, 0.5) is 5.88 Å². The number of hydrogen-bond donors (Lipinski definition) is 1. The Morgan fingerprint density at radius 2 is 2.23 bits per heavy atom. The van der Waals surface area contributed by atoms with Crippen molar-refractivity contribution in [1.82, 2.24) is 0 Å². The van der Waals surface area contributed by atoms with Gasteiger partial charge in [0.2, 0.25) is 12.3 Å². The van der Waals surface area contributed by atoms with E-state index >= 15 is 0 Å². The molecule has 0 spiro atoms. The third-order valence-electron chi connectivity index (χ3n) is 1.87. The van der Waals surface area contributed by atoms with E-state index in [-0.39, 0.29) is 0 Å². The highest BCUT2D eigenvalue weighted by Crippen LogP contribution is 2.23. The Morgan fingerprint density at radius 1 is 1.38 bits per heavy atom. The molecule has 0 unspecified atom stereocenters. The van der Waals surface area contributed by atoms with E-state index in [1.807, 2.05) is 25.1 Å². The molecule has 0 bridgehead atoms. The van der Waals surface area contributed by atoms with Gasteiger partial charge in [0.15, 0.2) is 0 Å². The monoisotopic (exact) mass is 175 g/mol. The molecule has 3 nitrogen and oxygen atoms in total. The standard InChI is InChI=1S/C10H9NO2/c1-7-2-3-9-8(4-7)5-10(13-9)11-6-12/h2-6H,1H3,(H,11,12).